The van der Waals surface area contributed by atoms with Crippen molar-refractivity contribution in [1.82, 2.24) is 10.2 Å². The molecule has 11 heteroatoms. The summed E-state index contributed by atoms with van der Waals surface area (Å²) in [6.45, 7) is 3.90. The van der Waals surface area contributed by atoms with Crippen molar-refractivity contribution >= 4 is 66.7 Å². The number of hydrogen-bond donors (Lipinski definition) is 1. The second kappa shape index (κ2) is 14.3. The van der Waals surface area contributed by atoms with Gasteiger partial charge in [-0.25, -0.2) is 8.42 Å². The molecule has 3 aromatic carbocycles. The van der Waals surface area contributed by atoms with Crippen molar-refractivity contribution in [2.24, 2.45) is 5.92 Å². The Morgan fingerprint density at radius 3 is 2.15 bits per heavy atom. The van der Waals surface area contributed by atoms with Gasteiger partial charge in [0.1, 0.15) is 12.6 Å². The first-order valence-electron chi connectivity index (χ1n) is 12.6. The summed E-state index contributed by atoms with van der Waals surface area (Å²) in [6, 6.07) is 20.0. The number of hydrogen-bond acceptors (Lipinski definition) is 4. The maximum absolute atomic E-state index is 14.0. The van der Waals surface area contributed by atoms with Crippen molar-refractivity contribution in [2.45, 2.75) is 32.9 Å². The van der Waals surface area contributed by atoms with Gasteiger partial charge in [0.15, 0.2) is 0 Å². The zero-order valence-corrected chi connectivity index (χ0v) is 26.4. The predicted octanol–water partition coefficient (Wildman–Crippen LogP) is 5.93. The van der Waals surface area contributed by atoms with Crippen LogP contribution in [-0.2, 0) is 32.6 Å². The molecule has 0 saturated carbocycles. The van der Waals surface area contributed by atoms with Crippen molar-refractivity contribution < 1.29 is 18.0 Å². The summed E-state index contributed by atoms with van der Waals surface area (Å²) in [5.41, 5.74) is 1.83. The Kier molecular flexibility index (Phi) is 11.5. The van der Waals surface area contributed by atoms with Gasteiger partial charge >= 0.3 is 0 Å². The molecule has 0 spiro atoms. The number of benzene rings is 3. The maximum Gasteiger partial charge on any atom is 0.244 e. The standard InChI is InChI=1S/C29H32BrCl2N3O4S/c1-20(2)17-33-29(37)27(16-21-7-5-4-6-8-21)34(18-22-9-14-25(31)26(32)15-22)28(36)19-35(40(3,38)39)24-12-10-23(30)11-13-24/h4-15,20,27H,16-19H2,1-3H3,(H,33,37)/t27-/m1/s1. The summed E-state index contributed by atoms with van der Waals surface area (Å²) in [7, 11) is -3.84. The van der Waals surface area contributed by atoms with E-state index >= 15 is 0 Å². The lowest BCUT2D eigenvalue weighted by Gasteiger charge is -2.33. The van der Waals surface area contributed by atoms with Crippen LogP contribution in [-0.4, -0.2) is 50.5 Å². The highest BCUT2D eigenvalue weighted by Crippen LogP contribution is 2.25. The molecule has 0 bridgehead atoms. The van der Waals surface area contributed by atoms with Gasteiger partial charge in [0.05, 0.1) is 22.0 Å². The quantitative estimate of drug-likeness (QED) is 0.259. The van der Waals surface area contributed by atoms with Crippen molar-refractivity contribution in [1.29, 1.82) is 0 Å². The fraction of sp³-hybridized carbons (Fsp3) is 0.310. The summed E-state index contributed by atoms with van der Waals surface area (Å²) in [5, 5.41) is 3.62. The van der Waals surface area contributed by atoms with Crippen LogP contribution in [0.1, 0.15) is 25.0 Å². The number of nitrogens with zero attached hydrogens (tertiary/aromatic N) is 2. The number of anilines is 1. The van der Waals surface area contributed by atoms with Gasteiger partial charge in [-0.3, -0.25) is 13.9 Å². The Balaban J connectivity index is 2.06. The molecule has 2 amide bonds. The van der Waals surface area contributed by atoms with Gasteiger partial charge in [-0.15, -0.1) is 0 Å². The van der Waals surface area contributed by atoms with Crippen LogP contribution in [0.5, 0.6) is 0 Å². The molecular formula is C29H32BrCl2N3O4S. The molecule has 3 rings (SSSR count). The highest BCUT2D eigenvalue weighted by molar-refractivity contribution is 9.10. The molecule has 1 N–H and O–H groups in total. The molecule has 0 aromatic heterocycles. The number of sulfonamides is 1. The van der Waals surface area contributed by atoms with Crippen molar-refractivity contribution in [2.75, 3.05) is 23.7 Å². The van der Waals surface area contributed by atoms with Gasteiger partial charge < -0.3 is 10.2 Å². The average molecular weight is 669 g/mol. The molecule has 7 nitrogen and oxygen atoms in total. The molecule has 214 valence electrons. The zero-order chi connectivity index (χ0) is 29.4. The Bertz CT molecular complexity index is 1420. The summed E-state index contributed by atoms with van der Waals surface area (Å²) < 4.78 is 27.4. The second-order valence-corrected chi connectivity index (χ2v) is 13.5. The van der Waals surface area contributed by atoms with Crippen LogP contribution < -0.4 is 9.62 Å². The number of carbonyl (C=O) groups excluding carboxylic acids is 2. The molecule has 1 atom stereocenters. The van der Waals surface area contributed by atoms with E-state index in [0.29, 0.717) is 27.8 Å². The number of rotatable bonds is 12. The molecule has 0 unspecified atom stereocenters. The van der Waals surface area contributed by atoms with Crippen molar-refractivity contribution in [3.63, 3.8) is 0 Å². The molecule has 0 saturated heterocycles. The topological polar surface area (TPSA) is 86.8 Å². The Morgan fingerprint density at radius 1 is 0.925 bits per heavy atom. The SMILES string of the molecule is CC(C)CNC(=O)[C@@H](Cc1ccccc1)N(Cc1ccc(Cl)c(Cl)c1)C(=O)CN(c1ccc(Br)cc1)S(C)(=O)=O. The van der Waals surface area contributed by atoms with Crippen LogP contribution in [0.15, 0.2) is 77.3 Å². The number of carbonyl (C=O) groups is 2. The van der Waals surface area contributed by atoms with Crippen molar-refractivity contribution in [3.05, 3.63) is 98.4 Å². The summed E-state index contributed by atoms with van der Waals surface area (Å²) in [5.74, 6) is -0.681. The Labute approximate surface area is 254 Å². The summed E-state index contributed by atoms with van der Waals surface area (Å²) in [6.07, 6.45) is 1.28. The number of halogens is 3. The van der Waals surface area contributed by atoms with E-state index in [0.717, 1.165) is 20.6 Å². The second-order valence-electron chi connectivity index (χ2n) is 9.86. The number of nitrogens with one attached hydrogen (secondary N) is 1. The summed E-state index contributed by atoms with van der Waals surface area (Å²) >= 11 is 15.7. The van der Waals surface area contributed by atoms with Crippen LogP contribution in [0, 0.1) is 5.92 Å². The average Bonchev–Trinajstić information content (AvgIpc) is 2.90. The highest BCUT2D eigenvalue weighted by atomic mass is 79.9. The van der Waals surface area contributed by atoms with Crippen LogP contribution >= 0.6 is 39.1 Å². The van der Waals surface area contributed by atoms with Crippen LogP contribution in [0.3, 0.4) is 0 Å². The lowest BCUT2D eigenvalue weighted by Crippen LogP contribution is -2.53. The van der Waals surface area contributed by atoms with Gasteiger partial charge in [0.2, 0.25) is 21.8 Å². The van der Waals surface area contributed by atoms with E-state index in [4.69, 9.17) is 23.2 Å². The van der Waals surface area contributed by atoms with Gasteiger partial charge in [0.25, 0.3) is 0 Å². The normalized spacial score (nSPS) is 12.2. The monoisotopic (exact) mass is 667 g/mol. The van der Waals surface area contributed by atoms with Crippen LogP contribution in [0.4, 0.5) is 5.69 Å². The molecule has 40 heavy (non-hydrogen) atoms. The fourth-order valence-corrected chi connectivity index (χ4v) is 5.47. The minimum atomic E-state index is -3.84. The molecule has 0 aliphatic heterocycles. The van der Waals surface area contributed by atoms with Gasteiger partial charge in [-0.1, -0.05) is 89.4 Å². The highest BCUT2D eigenvalue weighted by Gasteiger charge is 2.33. The fourth-order valence-electron chi connectivity index (χ4n) is 4.03. The van der Waals surface area contributed by atoms with E-state index in [-0.39, 0.29) is 24.8 Å². The Hall–Kier alpha value is -2.59. The minimum Gasteiger partial charge on any atom is -0.354 e. The first-order valence-corrected chi connectivity index (χ1v) is 16.0. The van der Waals surface area contributed by atoms with E-state index in [1.54, 1.807) is 42.5 Å². The zero-order valence-electron chi connectivity index (χ0n) is 22.5. The molecule has 0 aliphatic carbocycles. The van der Waals surface area contributed by atoms with Gasteiger partial charge in [-0.2, -0.15) is 0 Å². The smallest absolute Gasteiger partial charge is 0.244 e. The third-order valence-electron chi connectivity index (χ3n) is 6.09. The first-order chi connectivity index (χ1) is 18.8. The lowest BCUT2D eigenvalue weighted by atomic mass is 10.0. The van der Waals surface area contributed by atoms with E-state index in [1.807, 2.05) is 44.2 Å². The van der Waals surface area contributed by atoms with Crippen molar-refractivity contribution in [3.8, 4) is 0 Å². The molecule has 0 radical (unpaired) electrons. The Morgan fingerprint density at radius 2 is 1.57 bits per heavy atom. The van der Waals surface area contributed by atoms with Gasteiger partial charge in [0, 0.05) is 24.0 Å². The van der Waals surface area contributed by atoms with Crippen LogP contribution in [0.2, 0.25) is 10.0 Å². The molecular weight excluding hydrogens is 637 g/mol. The predicted molar refractivity (Wildman–Crippen MR) is 165 cm³/mol. The van der Waals surface area contributed by atoms with Gasteiger partial charge in [-0.05, 0) is 53.4 Å². The van der Waals surface area contributed by atoms with Crippen LogP contribution in [0.25, 0.3) is 0 Å². The maximum atomic E-state index is 14.0. The molecule has 0 heterocycles. The largest absolute Gasteiger partial charge is 0.354 e. The third kappa shape index (κ3) is 9.23. The number of amides is 2. The van der Waals surface area contributed by atoms with E-state index in [1.165, 1.54) is 4.90 Å². The minimum absolute atomic E-state index is 0.0141. The lowest BCUT2D eigenvalue weighted by molar-refractivity contribution is -0.140. The first kappa shape index (κ1) is 31.9. The summed E-state index contributed by atoms with van der Waals surface area (Å²) in [4.78, 5) is 29.1. The molecule has 3 aromatic rings. The molecule has 0 aliphatic rings. The molecule has 0 fully saturated rings. The van der Waals surface area contributed by atoms with E-state index in [2.05, 4.69) is 21.2 Å². The van der Waals surface area contributed by atoms with E-state index < -0.39 is 28.5 Å². The third-order valence-corrected chi connectivity index (χ3v) is 8.49. The van der Waals surface area contributed by atoms with E-state index in [9.17, 15) is 18.0 Å².